The van der Waals surface area contributed by atoms with E-state index in [0.29, 0.717) is 6.54 Å². The summed E-state index contributed by atoms with van der Waals surface area (Å²) >= 11 is 1.76. The van der Waals surface area contributed by atoms with Gasteiger partial charge in [-0.2, -0.15) is 11.3 Å². The lowest BCUT2D eigenvalue weighted by Crippen LogP contribution is -2.24. The molecule has 102 valence electrons. The lowest BCUT2D eigenvalue weighted by atomic mass is 10.2. The number of hydrogen-bond acceptors (Lipinski definition) is 4. The normalized spacial score (nSPS) is 15.3. The Morgan fingerprint density at radius 2 is 2.26 bits per heavy atom. The van der Waals surface area contributed by atoms with E-state index in [0.717, 1.165) is 36.2 Å². The largest absolute Gasteiger partial charge is 0.465 e. The molecule has 1 aliphatic carbocycles. The van der Waals surface area contributed by atoms with Crippen LogP contribution in [0, 0.1) is 6.92 Å². The third-order valence-electron chi connectivity index (χ3n) is 3.68. The van der Waals surface area contributed by atoms with E-state index in [2.05, 4.69) is 27.8 Å². The van der Waals surface area contributed by atoms with Gasteiger partial charge >= 0.3 is 0 Å². The number of hydrogen-bond donors (Lipinski definition) is 1. The highest BCUT2D eigenvalue weighted by Gasteiger charge is 2.29. The van der Waals surface area contributed by atoms with E-state index in [-0.39, 0.29) is 0 Å². The molecule has 0 saturated heterocycles. The van der Waals surface area contributed by atoms with Crippen molar-refractivity contribution in [2.75, 3.05) is 0 Å². The van der Waals surface area contributed by atoms with E-state index in [1.54, 1.807) is 11.3 Å². The van der Waals surface area contributed by atoms with Gasteiger partial charge in [0.2, 0.25) is 0 Å². The van der Waals surface area contributed by atoms with Crippen LogP contribution in [0.25, 0.3) is 0 Å². The van der Waals surface area contributed by atoms with E-state index < -0.39 is 0 Å². The van der Waals surface area contributed by atoms with Gasteiger partial charge in [-0.05, 0) is 48.2 Å². The molecule has 0 unspecified atom stereocenters. The first kappa shape index (κ1) is 12.9. The third kappa shape index (κ3) is 3.08. The molecule has 0 aliphatic heterocycles. The van der Waals surface area contributed by atoms with Gasteiger partial charge in [0.1, 0.15) is 11.5 Å². The van der Waals surface area contributed by atoms with Crippen LogP contribution >= 0.6 is 11.3 Å². The number of furan rings is 1. The molecule has 1 saturated carbocycles. The SMILES string of the molecule is Cc1oc(CN(Cc2ccsc2)C2CC2)cc1CN. The van der Waals surface area contributed by atoms with Crippen molar-refractivity contribution in [1.82, 2.24) is 4.90 Å². The van der Waals surface area contributed by atoms with Crippen LogP contribution in [0.2, 0.25) is 0 Å². The van der Waals surface area contributed by atoms with Crippen molar-refractivity contribution >= 4 is 11.3 Å². The van der Waals surface area contributed by atoms with Gasteiger partial charge in [0.25, 0.3) is 0 Å². The van der Waals surface area contributed by atoms with Gasteiger partial charge in [-0.3, -0.25) is 4.90 Å². The number of aryl methyl sites for hydroxylation is 1. The lowest BCUT2D eigenvalue weighted by molar-refractivity contribution is 0.224. The average Bonchev–Trinajstić information content (AvgIpc) is 3.01. The molecule has 0 atom stereocenters. The van der Waals surface area contributed by atoms with Crippen LogP contribution in [0.5, 0.6) is 0 Å². The van der Waals surface area contributed by atoms with Crippen LogP contribution in [-0.2, 0) is 19.6 Å². The molecule has 0 bridgehead atoms. The maximum atomic E-state index is 5.81. The third-order valence-corrected chi connectivity index (χ3v) is 4.41. The molecule has 3 rings (SSSR count). The highest BCUT2D eigenvalue weighted by Crippen LogP contribution is 2.30. The topological polar surface area (TPSA) is 42.4 Å². The zero-order valence-electron chi connectivity index (χ0n) is 11.3. The molecule has 0 radical (unpaired) electrons. The Hall–Kier alpha value is -1.10. The number of nitrogens with two attached hydrogens (primary N) is 1. The minimum Gasteiger partial charge on any atom is -0.465 e. The van der Waals surface area contributed by atoms with Gasteiger partial charge in [-0.1, -0.05) is 0 Å². The van der Waals surface area contributed by atoms with Crippen molar-refractivity contribution < 1.29 is 4.42 Å². The van der Waals surface area contributed by atoms with E-state index in [4.69, 9.17) is 10.2 Å². The summed E-state index contributed by atoms with van der Waals surface area (Å²) < 4.78 is 5.81. The van der Waals surface area contributed by atoms with E-state index in [1.165, 1.54) is 18.4 Å². The van der Waals surface area contributed by atoms with Crippen LogP contribution in [0.3, 0.4) is 0 Å². The van der Waals surface area contributed by atoms with Crippen molar-refractivity contribution in [3.8, 4) is 0 Å². The molecule has 2 aromatic rings. The highest BCUT2D eigenvalue weighted by molar-refractivity contribution is 7.07. The summed E-state index contributed by atoms with van der Waals surface area (Å²) in [7, 11) is 0. The predicted octanol–water partition coefficient (Wildman–Crippen LogP) is 3.27. The molecule has 4 heteroatoms. The molecule has 19 heavy (non-hydrogen) atoms. The quantitative estimate of drug-likeness (QED) is 0.880. The first-order valence-corrected chi connectivity index (χ1v) is 7.74. The Morgan fingerprint density at radius 3 is 2.84 bits per heavy atom. The Balaban J connectivity index is 1.70. The first-order chi connectivity index (χ1) is 9.26. The standard InChI is InChI=1S/C15H20N2OS/c1-11-13(7-16)6-15(18-11)9-17(14-2-3-14)8-12-4-5-19-10-12/h4-6,10,14H,2-3,7-9,16H2,1H3. The number of thiophene rings is 1. The molecule has 2 N–H and O–H groups in total. The summed E-state index contributed by atoms with van der Waals surface area (Å²) in [6.45, 7) is 4.46. The van der Waals surface area contributed by atoms with Crippen LogP contribution in [0.15, 0.2) is 27.3 Å². The van der Waals surface area contributed by atoms with Crippen molar-refractivity contribution in [2.24, 2.45) is 5.73 Å². The Bertz CT molecular complexity index is 528. The summed E-state index contributed by atoms with van der Waals surface area (Å²) in [4.78, 5) is 2.51. The second-order valence-corrected chi connectivity index (χ2v) is 6.05. The maximum absolute atomic E-state index is 5.81. The van der Waals surface area contributed by atoms with Crippen LogP contribution in [0.1, 0.15) is 35.5 Å². The summed E-state index contributed by atoms with van der Waals surface area (Å²) in [5, 5.41) is 4.37. The second-order valence-electron chi connectivity index (χ2n) is 5.27. The minimum atomic E-state index is 0.559. The van der Waals surface area contributed by atoms with Crippen molar-refractivity contribution in [3.63, 3.8) is 0 Å². The molecule has 1 fully saturated rings. The van der Waals surface area contributed by atoms with Gasteiger partial charge < -0.3 is 10.2 Å². The molecular formula is C15H20N2OS. The fourth-order valence-electron chi connectivity index (χ4n) is 2.44. The number of nitrogens with zero attached hydrogens (tertiary/aromatic N) is 1. The molecule has 2 heterocycles. The zero-order chi connectivity index (χ0) is 13.2. The fourth-order valence-corrected chi connectivity index (χ4v) is 3.10. The van der Waals surface area contributed by atoms with Gasteiger partial charge in [-0.15, -0.1) is 0 Å². The van der Waals surface area contributed by atoms with Gasteiger partial charge in [0, 0.05) is 24.7 Å². The summed E-state index contributed by atoms with van der Waals surface area (Å²) in [5.41, 5.74) is 8.23. The van der Waals surface area contributed by atoms with Gasteiger partial charge in [0.05, 0.1) is 6.54 Å². The Labute approximate surface area is 118 Å². The van der Waals surface area contributed by atoms with E-state index in [9.17, 15) is 0 Å². The lowest BCUT2D eigenvalue weighted by Gasteiger charge is -2.20. The van der Waals surface area contributed by atoms with E-state index >= 15 is 0 Å². The molecule has 2 aromatic heterocycles. The summed E-state index contributed by atoms with van der Waals surface area (Å²) in [6, 6.07) is 5.04. The summed E-state index contributed by atoms with van der Waals surface area (Å²) in [6.07, 6.45) is 2.63. The van der Waals surface area contributed by atoms with Crippen LogP contribution in [0.4, 0.5) is 0 Å². The van der Waals surface area contributed by atoms with Crippen LogP contribution < -0.4 is 5.73 Å². The molecular weight excluding hydrogens is 256 g/mol. The number of rotatable bonds is 6. The molecule has 0 amide bonds. The fraction of sp³-hybridized carbons (Fsp3) is 0.467. The minimum absolute atomic E-state index is 0.559. The van der Waals surface area contributed by atoms with Crippen molar-refractivity contribution in [2.45, 2.75) is 45.4 Å². The van der Waals surface area contributed by atoms with Crippen molar-refractivity contribution in [1.29, 1.82) is 0 Å². The van der Waals surface area contributed by atoms with Crippen molar-refractivity contribution in [3.05, 3.63) is 45.5 Å². The first-order valence-electron chi connectivity index (χ1n) is 6.79. The molecule has 0 spiro atoms. The second kappa shape index (κ2) is 5.49. The van der Waals surface area contributed by atoms with Crippen LogP contribution in [-0.4, -0.2) is 10.9 Å². The van der Waals surface area contributed by atoms with E-state index in [1.807, 2.05) is 6.92 Å². The molecule has 3 nitrogen and oxygen atoms in total. The monoisotopic (exact) mass is 276 g/mol. The highest BCUT2D eigenvalue weighted by atomic mass is 32.1. The molecule has 0 aromatic carbocycles. The van der Waals surface area contributed by atoms with Gasteiger partial charge in [0.15, 0.2) is 0 Å². The Morgan fingerprint density at radius 1 is 1.42 bits per heavy atom. The average molecular weight is 276 g/mol. The van der Waals surface area contributed by atoms with Gasteiger partial charge in [-0.25, -0.2) is 0 Å². The maximum Gasteiger partial charge on any atom is 0.118 e. The Kier molecular flexibility index (Phi) is 3.73. The predicted molar refractivity (Wildman–Crippen MR) is 77.9 cm³/mol. The smallest absolute Gasteiger partial charge is 0.118 e. The molecule has 1 aliphatic rings. The summed E-state index contributed by atoms with van der Waals surface area (Å²) in [5.74, 6) is 2.00. The zero-order valence-corrected chi connectivity index (χ0v) is 12.1.